The Labute approximate surface area is 221 Å². The molecule has 9 heteroatoms. The highest BCUT2D eigenvalue weighted by atomic mass is 32.2. The van der Waals surface area contributed by atoms with Crippen molar-refractivity contribution < 1.29 is 17.6 Å². The molecule has 5 rings (SSSR count). The number of aryl methyl sites for hydroxylation is 2. The van der Waals surface area contributed by atoms with Crippen LogP contribution in [0.5, 0.6) is 0 Å². The summed E-state index contributed by atoms with van der Waals surface area (Å²) in [7, 11) is -3.62. The third-order valence-corrected chi connectivity index (χ3v) is 10.1. The Morgan fingerprint density at radius 3 is 2.59 bits per heavy atom. The lowest BCUT2D eigenvalue weighted by Crippen LogP contribution is -2.43. The number of hydrogen-bond donors (Lipinski definition) is 0. The van der Waals surface area contributed by atoms with Crippen LogP contribution >= 0.6 is 11.3 Å². The predicted octanol–water partition coefficient (Wildman–Crippen LogP) is 6.31. The zero-order valence-electron chi connectivity index (χ0n) is 21.3. The Bertz CT molecular complexity index is 1470. The molecule has 0 radical (unpaired) electrons. The first-order chi connectivity index (χ1) is 17.8. The maximum atomic E-state index is 13.7. The number of carbonyl (C=O) groups excluding carboxylic acids is 1. The molecule has 0 saturated carbocycles. The van der Waals surface area contributed by atoms with E-state index in [1.165, 1.54) is 16.9 Å². The van der Waals surface area contributed by atoms with Gasteiger partial charge in [0.2, 0.25) is 10.0 Å². The predicted molar refractivity (Wildman–Crippen MR) is 147 cm³/mol. The summed E-state index contributed by atoms with van der Waals surface area (Å²) in [6.45, 7) is 6.88. The van der Waals surface area contributed by atoms with Gasteiger partial charge in [-0.15, -0.1) is 0 Å². The second kappa shape index (κ2) is 10.4. The number of furan rings is 1. The molecule has 0 bridgehead atoms. The van der Waals surface area contributed by atoms with E-state index < -0.39 is 10.0 Å². The van der Waals surface area contributed by atoms with E-state index in [-0.39, 0.29) is 23.4 Å². The second-order valence-corrected chi connectivity index (χ2v) is 12.5. The van der Waals surface area contributed by atoms with E-state index in [9.17, 15) is 13.2 Å². The van der Waals surface area contributed by atoms with Crippen LogP contribution in [0.2, 0.25) is 0 Å². The summed E-state index contributed by atoms with van der Waals surface area (Å²) in [5, 5.41) is 0.567. The van der Waals surface area contributed by atoms with Crippen LogP contribution in [-0.2, 0) is 16.6 Å². The van der Waals surface area contributed by atoms with E-state index >= 15 is 0 Å². The van der Waals surface area contributed by atoms with Gasteiger partial charge in [0, 0.05) is 18.2 Å². The van der Waals surface area contributed by atoms with Crippen LogP contribution < -0.4 is 4.90 Å². The highest BCUT2D eigenvalue weighted by molar-refractivity contribution is 7.89. The third kappa shape index (κ3) is 5.08. The Hall–Kier alpha value is -3.01. The van der Waals surface area contributed by atoms with Crippen LogP contribution in [0.15, 0.2) is 64.1 Å². The highest BCUT2D eigenvalue weighted by Gasteiger charge is 2.32. The Balaban J connectivity index is 1.46. The lowest BCUT2D eigenvalue weighted by atomic mass is 10.0. The van der Waals surface area contributed by atoms with Crippen molar-refractivity contribution in [3.63, 3.8) is 0 Å². The van der Waals surface area contributed by atoms with Gasteiger partial charge in [-0.3, -0.25) is 9.69 Å². The minimum absolute atomic E-state index is 0.0233. The fraction of sp³-hybridized carbons (Fsp3) is 0.357. The maximum absolute atomic E-state index is 13.7. The molecule has 37 heavy (non-hydrogen) atoms. The number of amides is 1. The first kappa shape index (κ1) is 25.6. The summed E-state index contributed by atoms with van der Waals surface area (Å²) in [5.41, 5.74) is 3.54. The van der Waals surface area contributed by atoms with Crippen molar-refractivity contribution in [1.29, 1.82) is 0 Å². The van der Waals surface area contributed by atoms with Gasteiger partial charge < -0.3 is 4.42 Å². The van der Waals surface area contributed by atoms with E-state index in [0.717, 1.165) is 41.5 Å². The smallest absolute Gasteiger partial charge is 0.260 e. The van der Waals surface area contributed by atoms with Gasteiger partial charge in [-0.05, 0) is 92.8 Å². The highest BCUT2D eigenvalue weighted by Crippen LogP contribution is 2.33. The molecule has 4 aromatic rings. The van der Waals surface area contributed by atoms with E-state index in [2.05, 4.69) is 13.0 Å². The molecule has 0 N–H and O–H groups in total. The molecule has 3 heterocycles. The van der Waals surface area contributed by atoms with Crippen molar-refractivity contribution in [2.75, 3.05) is 11.4 Å². The quantitative estimate of drug-likeness (QED) is 0.276. The molecule has 1 aliphatic heterocycles. The molecular weight excluding hydrogens is 506 g/mol. The number of hydrogen-bond acceptors (Lipinski definition) is 6. The van der Waals surface area contributed by atoms with Gasteiger partial charge in [0.05, 0.1) is 27.9 Å². The molecule has 194 valence electrons. The molecule has 1 fully saturated rings. The summed E-state index contributed by atoms with van der Waals surface area (Å²) < 4.78 is 34.9. The van der Waals surface area contributed by atoms with Gasteiger partial charge in [0.15, 0.2) is 5.13 Å². The number of benzene rings is 2. The SMILES string of the molecule is CCC1CCCCN1S(=O)(=O)c1ccc(C(=O)N(Cc2ccco2)c2nc3cc(C)c(C)cc3s2)cc1. The lowest BCUT2D eigenvalue weighted by Gasteiger charge is -2.34. The standard InChI is InChI=1S/C28H31N3O4S2/c1-4-22-8-5-6-14-31(22)37(33,34)24-12-10-21(11-13-24)27(32)30(18-23-9-7-15-35-23)28-29-25-16-19(2)20(3)17-26(25)36-28/h7,9-13,15-17,22H,4-6,8,14,18H2,1-3H3. The number of anilines is 1. The topological polar surface area (TPSA) is 83.7 Å². The molecule has 1 atom stereocenters. The second-order valence-electron chi connectivity index (χ2n) is 9.57. The summed E-state index contributed by atoms with van der Waals surface area (Å²) >= 11 is 1.45. The Morgan fingerprint density at radius 2 is 1.89 bits per heavy atom. The number of fused-ring (bicyclic) bond motifs is 1. The molecule has 1 amide bonds. The van der Waals surface area contributed by atoms with Crippen LogP contribution in [0.1, 0.15) is 59.9 Å². The van der Waals surface area contributed by atoms with Crippen LogP contribution in [-0.4, -0.2) is 36.2 Å². The molecule has 1 aliphatic rings. The van der Waals surface area contributed by atoms with Crippen LogP contribution in [0.25, 0.3) is 10.2 Å². The zero-order chi connectivity index (χ0) is 26.2. The molecule has 7 nitrogen and oxygen atoms in total. The summed E-state index contributed by atoms with van der Waals surface area (Å²) in [5.74, 6) is 0.368. The van der Waals surface area contributed by atoms with Crippen LogP contribution in [0, 0.1) is 13.8 Å². The van der Waals surface area contributed by atoms with Crippen molar-refractivity contribution in [3.8, 4) is 0 Å². The first-order valence-electron chi connectivity index (χ1n) is 12.6. The number of nitrogens with zero attached hydrogens (tertiary/aromatic N) is 3. The Morgan fingerprint density at radius 1 is 1.14 bits per heavy atom. The van der Waals surface area contributed by atoms with Crippen LogP contribution in [0.3, 0.4) is 0 Å². The summed E-state index contributed by atoms with van der Waals surface area (Å²) in [4.78, 5) is 20.3. The van der Waals surface area contributed by atoms with Gasteiger partial charge in [-0.25, -0.2) is 13.4 Å². The fourth-order valence-electron chi connectivity index (χ4n) is 4.83. The lowest BCUT2D eigenvalue weighted by molar-refractivity contribution is 0.0983. The molecular formula is C28H31N3O4S2. The van der Waals surface area contributed by atoms with Crippen molar-refractivity contribution in [2.45, 2.75) is 63.9 Å². The summed E-state index contributed by atoms with van der Waals surface area (Å²) in [6.07, 6.45) is 5.17. The minimum atomic E-state index is -3.62. The van der Waals surface area contributed by atoms with Gasteiger partial charge in [0.25, 0.3) is 5.91 Å². The average molecular weight is 538 g/mol. The molecule has 2 aromatic carbocycles. The van der Waals surface area contributed by atoms with E-state index in [1.807, 2.05) is 26.0 Å². The molecule has 1 unspecified atom stereocenters. The van der Waals surface area contributed by atoms with Crippen molar-refractivity contribution in [3.05, 3.63) is 77.2 Å². The minimum Gasteiger partial charge on any atom is -0.467 e. The number of carbonyl (C=O) groups is 1. The first-order valence-corrected chi connectivity index (χ1v) is 14.9. The normalized spacial score (nSPS) is 16.8. The van der Waals surface area contributed by atoms with Crippen molar-refractivity contribution >= 4 is 42.6 Å². The van der Waals surface area contributed by atoms with Crippen molar-refractivity contribution in [1.82, 2.24) is 9.29 Å². The van der Waals surface area contributed by atoms with Gasteiger partial charge >= 0.3 is 0 Å². The number of piperidine rings is 1. The average Bonchev–Trinajstić information content (AvgIpc) is 3.57. The van der Waals surface area contributed by atoms with Crippen molar-refractivity contribution in [2.24, 2.45) is 0 Å². The van der Waals surface area contributed by atoms with Gasteiger partial charge in [-0.1, -0.05) is 24.7 Å². The van der Waals surface area contributed by atoms with Crippen LogP contribution in [0.4, 0.5) is 5.13 Å². The largest absolute Gasteiger partial charge is 0.467 e. The number of thiazole rings is 1. The number of aromatic nitrogens is 1. The molecule has 1 saturated heterocycles. The summed E-state index contributed by atoms with van der Waals surface area (Å²) in [6, 6.07) is 14.0. The Kier molecular flexibility index (Phi) is 7.20. The maximum Gasteiger partial charge on any atom is 0.260 e. The third-order valence-electron chi connectivity index (χ3n) is 7.11. The monoisotopic (exact) mass is 537 g/mol. The molecule has 2 aromatic heterocycles. The zero-order valence-corrected chi connectivity index (χ0v) is 22.9. The van der Waals surface area contributed by atoms with E-state index in [1.54, 1.807) is 45.8 Å². The van der Waals surface area contributed by atoms with E-state index in [4.69, 9.17) is 9.40 Å². The van der Waals surface area contributed by atoms with Gasteiger partial charge in [0.1, 0.15) is 5.76 Å². The molecule has 0 spiro atoms. The fourth-order valence-corrected chi connectivity index (χ4v) is 7.64. The van der Waals surface area contributed by atoms with Gasteiger partial charge in [-0.2, -0.15) is 4.31 Å². The number of rotatable bonds is 7. The van der Waals surface area contributed by atoms with E-state index in [0.29, 0.717) is 23.0 Å². The molecule has 0 aliphatic carbocycles. The number of sulfonamides is 1.